The predicted molar refractivity (Wildman–Crippen MR) is 56.6 cm³/mol. The third kappa shape index (κ3) is 4.15. The lowest BCUT2D eigenvalue weighted by Crippen LogP contribution is -2.49. The molecule has 0 spiro atoms. The van der Waals surface area contributed by atoms with Gasteiger partial charge in [-0.25, -0.2) is 0 Å². The molecule has 0 saturated carbocycles. The summed E-state index contributed by atoms with van der Waals surface area (Å²) >= 11 is 0. The summed E-state index contributed by atoms with van der Waals surface area (Å²) in [5.41, 5.74) is 0. The van der Waals surface area contributed by atoms with Crippen molar-refractivity contribution >= 4 is 5.91 Å². The molecule has 0 atom stereocenters. The number of carbonyl (C=O) groups is 1. The smallest absolute Gasteiger partial charge is 0.248 e. The van der Waals surface area contributed by atoms with Crippen molar-refractivity contribution in [3.63, 3.8) is 0 Å². The molecule has 0 unspecified atom stereocenters. The Morgan fingerprint density at radius 1 is 1.33 bits per heavy atom. The van der Waals surface area contributed by atoms with Gasteiger partial charge in [-0.2, -0.15) is 0 Å². The van der Waals surface area contributed by atoms with Crippen LogP contribution < -0.4 is 0 Å². The molecule has 0 aromatic rings. The van der Waals surface area contributed by atoms with E-state index in [4.69, 9.17) is 9.84 Å². The molecular formula is C10H20N2O3. The highest BCUT2D eigenvalue weighted by Gasteiger charge is 2.19. The molecule has 1 amide bonds. The molecule has 5 heteroatoms. The van der Waals surface area contributed by atoms with Gasteiger partial charge in [0.25, 0.3) is 0 Å². The van der Waals surface area contributed by atoms with Crippen LogP contribution in [0.25, 0.3) is 0 Å². The molecule has 1 heterocycles. The van der Waals surface area contributed by atoms with Crippen LogP contribution in [0.15, 0.2) is 0 Å². The van der Waals surface area contributed by atoms with E-state index < -0.39 is 0 Å². The number of aliphatic hydroxyl groups is 1. The van der Waals surface area contributed by atoms with E-state index in [0.29, 0.717) is 0 Å². The van der Waals surface area contributed by atoms with Gasteiger partial charge in [-0.05, 0) is 6.42 Å². The van der Waals surface area contributed by atoms with Crippen LogP contribution >= 0.6 is 0 Å². The van der Waals surface area contributed by atoms with Crippen LogP contribution in [0, 0.1) is 0 Å². The maximum atomic E-state index is 11.2. The van der Waals surface area contributed by atoms with Gasteiger partial charge in [0.15, 0.2) is 0 Å². The Labute approximate surface area is 90.6 Å². The van der Waals surface area contributed by atoms with Crippen molar-refractivity contribution in [2.45, 2.75) is 6.42 Å². The minimum atomic E-state index is -0.371. The van der Waals surface area contributed by atoms with E-state index in [0.717, 1.165) is 45.8 Å². The van der Waals surface area contributed by atoms with Crippen LogP contribution in [-0.2, 0) is 9.53 Å². The lowest BCUT2D eigenvalue weighted by atomic mass is 10.3. The molecule has 1 aliphatic rings. The molecule has 5 nitrogen and oxygen atoms in total. The lowest BCUT2D eigenvalue weighted by Gasteiger charge is -2.34. The molecule has 0 aromatic heterocycles. The van der Waals surface area contributed by atoms with Gasteiger partial charge in [-0.15, -0.1) is 0 Å². The normalized spacial score (nSPS) is 18.1. The predicted octanol–water partition coefficient (Wildman–Crippen LogP) is -0.841. The second kappa shape index (κ2) is 6.76. The molecule has 15 heavy (non-hydrogen) atoms. The Morgan fingerprint density at radius 2 is 2.00 bits per heavy atom. The van der Waals surface area contributed by atoms with Gasteiger partial charge < -0.3 is 14.7 Å². The highest BCUT2D eigenvalue weighted by Crippen LogP contribution is 2.02. The van der Waals surface area contributed by atoms with E-state index in [1.54, 1.807) is 12.0 Å². The largest absolute Gasteiger partial charge is 0.387 e. The summed E-state index contributed by atoms with van der Waals surface area (Å²) < 4.78 is 4.99. The molecule has 0 radical (unpaired) electrons. The van der Waals surface area contributed by atoms with Gasteiger partial charge in [0.05, 0.1) is 0 Å². The van der Waals surface area contributed by atoms with Crippen molar-refractivity contribution < 1.29 is 14.6 Å². The summed E-state index contributed by atoms with van der Waals surface area (Å²) in [5.74, 6) is -0.161. The van der Waals surface area contributed by atoms with Crippen molar-refractivity contribution in [2.24, 2.45) is 0 Å². The zero-order chi connectivity index (χ0) is 11.1. The Morgan fingerprint density at radius 3 is 2.53 bits per heavy atom. The second-order valence-corrected chi connectivity index (χ2v) is 3.73. The number of ether oxygens (including phenoxy) is 1. The number of amides is 1. The number of nitrogens with zero attached hydrogens (tertiary/aromatic N) is 2. The molecule has 1 N–H and O–H groups in total. The van der Waals surface area contributed by atoms with Crippen molar-refractivity contribution in [1.29, 1.82) is 0 Å². The molecule has 0 bridgehead atoms. The first-order valence-corrected chi connectivity index (χ1v) is 5.38. The first-order chi connectivity index (χ1) is 7.27. The SMILES string of the molecule is COCCCN1CCN(C(=O)CO)CC1. The van der Waals surface area contributed by atoms with Gasteiger partial charge in [-0.3, -0.25) is 9.69 Å². The molecule has 1 aliphatic heterocycles. The van der Waals surface area contributed by atoms with Crippen LogP contribution in [0.1, 0.15) is 6.42 Å². The topological polar surface area (TPSA) is 53.0 Å². The zero-order valence-corrected chi connectivity index (χ0v) is 9.31. The molecular weight excluding hydrogens is 196 g/mol. The highest BCUT2D eigenvalue weighted by molar-refractivity contribution is 5.77. The highest BCUT2D eigenvalue weighted by atomic mass is 16.5. The second-order valence-electron chi connectivity index (χ2n) is 3.73. The van der Waals surface area contributed by atoms with Gasteiger partial charge in [-0.1, -0.05) is 0 Å². The molecule has 1 saturated heterocycles. The number of rotatable bonds is 5. The summed E-state index contributed by atoms with van der Waals surface area (Å²) in [6, 6.07) is 0. The number of aliphatic hydroxyl groups excluding tert-OH is 1. The van der Waals surface area contributed by atoms with Crippen LogP contribution in [0.4, 0.5) is 0 Å². The maximum absolute atomic E-state index is 11.2. The average molecular weight is 216 g/mol. The third-order valence-electron chi connectivity index (χ3n) is 2.68. The Hall–Kier alpha value is -0.650. The molecule has 88 valence electrons. The fraction of sp³-hybridized carbons (Fsp3) is 0.900. The van der Waals surface area contributed by atoms with Crippen molar-refractivity contribution in [3.05, 3.63) is 0 Å². The Kier molecular flexibility index (Phi) is 5.60. The third-order valence-corrected chi connectivity index (χ3v) is 2.68. The molecule has 1 fully saturated rings. The van der Waals surface area contributed by atoms with E-state index in [-0.39, 0.29) is 12.5 Å². The van der Waals surface area contributed by atoms with Crippen molar-refractivity contribution in [3.8, 4) is 0 Å². The standard InChI is InChI=1S/C10H20N2O3/c1-15-8-2-3-11-4-6-12(7-5-11)10(14)9-13/h13H,2-9H2,1H3. The monoisotopic (exact) mass is 216 g/mol. The van der Waals surface area contributed by atoms with E-state index in [1.807, 2.05) is 0 Å². The van der Waals surface area contributed by atoms with E-state index >= 15 is 0 Å². The summed E-state index contributed by atoms with van der Waals surface area (Å²) in [6.07, 6.45) is 1.03. The molecule has 1 rings (SSSR count). The first kappa shape index (κ1) is 12.4. The van der Waals surface area contributed by atoms with Gasteiger partial charge in [0.1, 0.15) is 6.61 Å². The molecule has 0 aliphatic carbocycles. The van der Waals surface area contributed by atoms with Gasteiger partial charge in [0, 0.05) is 46.4 Å². The van der Waals surface area contributed by atoms with Gasteiger partial charge in [0.2, 0.25) is 5.91 Å². The van der Waals surface area contributed by atoms with Crippen molar-refractivity contribution in [1.82, 2.24) is 9.80 Å². The summed E-state index contributed by atoms with van der Waals surface area (Å²) in [7, 11) is 1.71. The van der Waals surface area contributed by atoms with Gasteiger partial charge >= 0.3 is 0 Å². The van der Waals surface area contributed by atoms with Crippen LogP contribution in [0.3, 0.4) is 0 Å². The number of piperazine rings is 1. The zero-order valence-electron chi connectivity index (χ0n) is 9.31. The summed E-state index contributed by atoms with van der Waals surface area (Å²) in [5, 5.41) is 8.70. The van der Waals surface area contributed by atoms with Crippen LogP contribution in [-0.4, -0.2) is 73.9 Å². The fourth-order valence-electron chi connectivity index (χ4n) is 1.75. The van der Waals surface area contributed by atoms with E-state index in [9.17, 15) is 4.79 Å². The summed E-state index contributed by atoms with van der Waals surface area (Å²) in [6.45, 7) is 4.69. The minimum Gasteiger partial charge on any atom is -0.387 e. The maximum Gasteiger partial charge on any atom is 0.248 e. The Bertz CT molecular complexity index is 191. The van der Waals surface area contributed by atoms with E-state index in [1.165, 1.54) is 0 Å². The number of hydrogen-bond acceptors (Lipinski definition) is 4. The van der Waals surface area contributed by atoms with Crippen LogP contribution in [0.5, 0.6) is 0 Å². The summed E-state index contributed by atoms with van der Waals surface area (Å²) in [4.78, 5) is 15.2. The number of carbonyl (C=O) groups excluding carboxylic acids is 1. The quantitative estimate of drug-likeness (QED) is 0.609. The number of methoxy groups -OCH3 is 1. The van der Waals surface area contributed by atoms with E-state index in [2.05, 4.69) is 4.90 Å². The Balaban J connectivity index is 2.15. The first-order valence-electron chi connectivity index (χ1n) is 5.38. The molecule has 0 aromatic carbocycles. The average Bonchev–Trinajstić information content (AvgIpc) is 2.29. The number of hydrogen-bond donors (Lipinski definition) is 1. The van der Waals surface area contributed by atoms with Crippen LogP contribution in [0.2, 0.25) is 0 Å². The van der Waals surface area contributed by atoms with Crippen molar-refractivity contribution in [2.75, 3.05) is 53.0 Å². The lowest BCUT2D eigenvalue weighted by molar-refractivity contribution is -0.135. The fourth-order valence-corrected chi connectivity index (χ4v) is 1.75. The minimum absolute atomic E-state index is 0.161.